The van der Waals surface area contributed by atoms with Crippen LogP contribution in [-0.4, -0.2) is 22.4 Å². The van der Waals surface area contributed by atoms with Gasteiger partial charge in [-0.15, -0.1) is 0 Å². The van der Waals surface area contributed by atoms with Gasteiger partial charge in [0.05, 0.1) is 12.2 Å². The molecule has 0 fully saturated rings. The van der Waals surface area contributed by atoms with Crippen molar-refractivity contribution in [1.29, 1.82) is 0 Å². The van der Waals surface area contributed by atoms with E-state index in [1.165, 1.54) is 11.1 Å². The molecule has 0 aliphatic rings. The summed E-state index contributed by atoms with van der Waals surface area (Å²) in [6.45, 7) is 0. The predicted octanol–water partition coefficient (Wildman–Crippen LogP) is 3.92. The maximum atomic E-state index is 10.00. The van der Waals surface area contributed by atoms with E-state index in [0.717, 1.165) is 19.3 Å². The third kappa shape index (κ3) is 7.27. The van der Waals surface area contributed by atoms with Crippen molar-refractivity contribution in [3.8, 4) is 0 Å². The first kappa shape index (κ1) is 17.5. The Bertz CT molecular complexity index is 563. The summed E-state index contributed by atoms with van der Waals surface area (Å²) in [5, 5.41) is 20.0. The minimum Gasteiger partial charge on any atom is -0.393 e. The van der Waals surface area contributed by atoms with E-state index in [1.807, 2.05) is 42.5 Å². The summed E-state index contributed by atoms with van der Waals surface area (Å²) in [7, 11) is 0. The first-order valence-corrected chi connectivity index (χ1v) is 8.34. The molecular weight excluding hydrogens is 284 g/mol. The van der Waals surface area contributed by atoms with E-state index in [2.05, 4.69) is 24.3 Å². The third-order valence-corrected chi connectivity index (χ3v) is 3.95. The Balaban J connectivity index is 1.62. The molecule has 0 saturated heterocycles. The number of aryl methyl sites for hydroxylation is 2. The minimum atomic E-state index is -0.448. The number of aliphatic hydroxyl groups is 2. The lowest BCUT2D eigenvalue weighted by atomic mass is 10.0. The van der Waals surface area contributed by atoms with Crippen molar-refractivity contribution < 1.29 is 10.2 Å². The summed E-state index contributed by atoms with van der Waals surface area (Å²) in [5.74, 6) is 0. The molecule has 23 heavy (non-hydrogen) atoms. The average Bonchev–Trinajstić information content (AvgIpc) is 2.60. The maximum absolute atomic E-state index is 10.00. The van der Waals surface area contributed by atoms with Gasteiger partial charge in [0.25, 0.3) is 0 Å². The van der Waals surface area contributed by atoms with Crippen molar-refractivity contribution in [2.75, 3.05) is 0 Å². The van der Waals surface area contributed by atoms with Gasteiger partial charge < -0.3 is 10.2 Å². The Morgan fingerprint density at radius 3 is 1.83 bits per heavy atom. The van der Waals surface area contributed by atoms with Gasteiger partial charge in [-0.1, -0.05) is 72.8 Å². The molecule has 0 aliphatic carbocycles. The van der Waals surface area contributed by atoms with Gasteiger partial charge in [0.1, 0.15) is 0 Å². The first-order chi connectivity index (χ1) is 11.2. The van der Waals surface area contributed by atoms with E-state index in [4.69, 9.17) is 0 Å². The zero-order valence-electron chi connectivity index (χ0n) is 13.5. The lowest BCUT2D eigenvalue weighted by Gasteiger charge is -2.09. The zero-order chi connectivity index (χ0) is 16.3. The van der Waals surface area contributed by atoms with E-state index in [1.54, 1.807) is 6.08 Å². The van der Waals surface area contributed by atoms with E-state index in [0.29, 0.717) is 12.8 Å². The number of rotatable bonds is 9. The molecule has 0 radical (unpaired) electrons. The standard InChI is InChI=1S/C21H26O2/c22-20(16-14-18-8-3-1-4-9-18)12-7-13-21(23)17-15-19-10-5-2-6-11-19/h1-12,20-23H,13-17H2/b12-7+/t20-,21-/m1/s1. The second-order valence-electron chi connectivity index (χ2n) is 5.93. The molecule has 0 bridgehead atoms. The van der Waals surface area contributed by atoms with Gasteiger partial charge in [0.2, 0.25) is 0 Å². The second-order valence-corrected chi connectivity index (χ2v) is 5.93. The lowest BCUT2D eigenvalue weighted by molar-refractivity contribution is 0.167. The topological polar surface area (TPSA) is 40.5 Å². The van der Waals surface area contributed by atoms with E-state index in [9.17, 15) is 10.2 Å². The second kappa shape index (κ2) is 9.98. The number of benzene rings is 2. The zero-order valence-corrected chi connectivity index (χ0v) is 13.5. The normalized spacial score (nSPS) is 14.0. The lowest BCUT2D eigenvalue weighted by Crippen LogP contribution is -2.08. The molecule has 0 unspecified atom stereocenters. The van der Waals surface area contributed by atoms with Crippen LogP contribution in [0.5, 0.6) is 0 Å². The van der Waals surface area contributed by atoms with Gasteiger partial charge >= 0.3 is 0 Å². The molecule has 0 aliphatic heterocycles. The van der Waals surface area contributed by atoms with Crippen LogP contribution >= 0.6 is 0 Å². The molecular formula is C21H26O2. The van der Waals surface area contributed by atoms with E-state index in [-0.39, 0.29) is 6.10 Å². The summed E-state index contributed by atoms with van der Waals surface area (Å²) in [6.07, 6.45) is 6.68. The average molecular weight is 310 g/mol. The van der Waals surface area contributed by atoms with Crippen molar-refractivity contribution in [2.24, 2.45) is 0 Å². The summed E-state index contributed by atoms with van der Waals surface area (Å²) in [5.41, 5.74) is 2.49. The van der Waals surface area contributed by atoms with Crippen molar-refractivity contribution in [3.63, 3.8) is 0 Å². The van der Waals surface area contributed by atoms with Crippen LogP contribution in [0.15, 0.2) is 72.8 Å². The highest BCUT2D eigenvalue weighted by molar-refractivity contribution is 5.15. The van der Waals surface area contributed by atoms with E-state index >= 15 is 0 Å². The summed E-state index contributed by atoms with van der Waals surface area (Å²) >= 11 is 0. The van der Waals surface area contributed by atoms with Crippen LogP contribution in [0.1, 0.15) is 30.4 Å². The molecule has 0 saturated carbocycles. The van der Waals surface area contributed by atoms with Gasteiger partial charge in [-0.3, -0.25) is 0 Å². The molecule has 2 atom stereocenters. The van der Waals surface area contributed by atoms with Gasteiger partial charge in [-0.25, -0.2) is 0 Å². The SMILES string of the molecule is O[C@H](C/C=C/[C@@H](O)CCc1ccccc1)CCc1ccccc1. The molecule has 0 amide bonds. The van der Waals surface area contributed by atoms with Crippen LogP contribution in [0, 0.1) is 0 Å². The van der Waals surface area contributed by atoms with Crippen molar-refractivity contribution in [3.05, 3.63) is 83.9 Å². The van der Waals surface area contributed by atoms with Crippen molar-refractivity contribution in [1.82, 2.24) is 0 Å². The molecule has 2 aromatic rings. The number of hydrogen-bond acceptors (Lipinski definition) is 2. The number of aliphatic hydroxyl groups excluding tert-OH is 2. The molecule has 2 nitrogen and oxygen atoms in total. The fraction of sp³-hybridized carbons (Fsp3) is 0.333. The largest absolute Gasteiger partial charge is 0.393 e. The third-order valence-electron chi connectivity index (χ3n) is 3.95. The summed E-state index contributed by atoms with van der Waals surface area (Å²) in [6, 6.07) is 20.4. The van der Waals surface area contributed by atoms with Gasteiger partial charge in [0, 0.05) is 0 Å². The Hall–Kier alpha value is -1.90. The molecule has 0 spiro atoms. The quantitative estimate of drug-likeness (QED) is 0.689. The van der Waals surface area contributed by atoms with E-state index < -0.39 is 6.10 Å². The fourth-order valence-electron chi connectivity index (χ4n) is 2.54. The summed E-state index contributed by atoms with van der Waals surface area (Å²) < 4.78 is 0. The Morgan fingerprint density at radius 1 is 0.739 bits per heavy atom. The van der Waals surface area contributed by atoms with Crippen LogP contribution in [0.4, 0.5) is 0 Å². The molecule has 2 N–H and O–H groups in total. The monoisotopic (exact) mass is 310 g/mol. The van der Waals surface area contributed by atoms with Crippen LogP contribution in [0.25, 0.3) is 0 Å². The fourth-order valence-corrected chi connectivity index (χ4v) is 2.54. The first-order valence-electron chi connectivity index (χ1n) is 8.34. The minimum absolute atomic E-state index is 0.354. The van der Waals surface area contributed by atoms with Crippen LogP contribution < -0.4 is 0 Å². The van der Waals surface area contributed by atoms with Gasteiger partial charge in [-0.2, -0.15) is 0 Å². The van der Waals surface area contributed by atoms with Crippen molar-refractivity contribution >= 4 is 0 Å². The Morgan fingerprint density at radius 2 is 1.26 bits per heavy atom. The predicted molar refractivity (Wildman–Crippen MR) is 95.3 cm³/mol. The highest BCUT2D eigenvalue weighted by Gasteiger charge is 2.04. The van der Waals surface area contributed by atoms with Crippen LogP contribution in [0.3, 0.4) is 0 Å². The Kier molecular flexibility index (Phi) is 7.58. The molecule has 122 valence electrons. The highest BCUT2D eigenvalue weighted by atomic mass is 16.3. The van der Waals surface area contributed by atoms with Gasteiger partial charge in [0.15, 0.2) is 0 Å². The van der Waals surface area contributed by atoms with Crippen LogP contribution in [0.2, 0.25) is 0 Å². The molecule has 2 rings (SSSR count). The molecule has 0 heterocycles. The van der Waals surface area contributed by atoms with Crippen molar-refractivity contribution in [2.45, 2.75) is 44.3 Å². The maximum Gasteiger partial charge on any atom is 0.0724 e. The molecule has 2 aromatic carbocycles. The molecule has 0 aromatic heterocycles. The van der Waals surface area contributed by atoms with Gasteiger partial charge in [-0.05, 0) is 43.2 Å². The molecule has 2 heteroatoms. The smallest absolute Gasteiger partial charge is 0.0724 e. The highest BCUT2D eigenvalue weighted by Crippen LogP contribution is 2.09. The van der Waals surface area contributed by atoms with Crippen LogP contribution in [-0.2, 0) is 12.8 Å². The number of hydrogen-bond donors (Lipinski definition) is 2. The Labute approximate surface area is 139 Å². The summed E-state index contributed by atoms with van der Waals surface area (Å²) in [4.78, 5) is 0.